The predicted octanol–water partition coefficient (Wildman–Crippen LogP) is -0.0700. The first-order valence-electron chi connectivity index (χ1n) is 3.44. The first-order valence-corrected chi connectivity index (χ1v) is 3.44. The molecule has 1 atom stereocenters. The van der Waals surface area contributed by atoms with E-state index >= 15 is 0 Å². The van der Waals surface area contributed by atoms with E-state index in [-0.39, 0.29) is 11.8 Å². The van der Waals surface area contributed by atoms with E-state index in [0.29, 0.717) is 6.47 Å². The fourth-order valence-corrected chi connectivity index (χ4v) is 0.724. The van der Waals surface area contributed by atoms with Crippen LogP contribution in [0.1, 0.15) is 13.8 Å². The van der Waals surface area contributed by atoms with Crippen molar-refractivity contribution in [3.63, 3.8) is 0 Å². The zero-order valence-corrected chi connectivity index (χ0v) is 6.96. The molecule has 0 aliphatic rings. The van der Waals surface area contributed by atoms with E-state index in [4.69, 9.17) is 0 Å². The number of carbonyl (C=O) groups is 2. The molecule has 0 aromatic heterocycles. The Hall–Kier alpha value is -1.06. The Morgan fingerprint density at radius 3 is 2.36 bits per heavy atom. The van der Waals surface area contributed by atoms with E-state index < -0.39 is 6.10 Å². The van der Waals surface area contributed by atoms with Crippen molar-refractivity contribution in [1.82, 2.24) is 5.32 Å². The van der Waals surface area contributed by atoms with Crippen LogP contribution in [-0.2, 0) is 14.3 Å². The van der Waals surface area contributed by atoms with E-state index in [2.05, 4.69) is 10.1 Å². The summed E-state index contributed by atoms with van der Waals surface area (Å²) in [7, 11) is 1.51. The Bertz CT molecular complexity index is 145. The quantitative estimate of drug-likeness (QED) is 0.584. The smallest absolute Gasteiger partial charge is 0.293 e. The first-order chi connectivity index (χ1) is 5.13. The molecule has 4 nitrogen and oxygen atoms in total. The normalized spacial score (nSPS) is 12.4. The molecule has 0 aromatic carbocycles. The molecule has 0 radical (unpaired) electrons. The van der Waals surface area contributed by atoms with Gasteiger partial charge < -0.3 is 10.1 Å². The Balaban J connectivity index is 4.08. The summed E-state index contributed by atoms with van der Waals surface area (Å²) in [5.74, 6) is -0.271. The van der Waals surface area contributed by atoms with E-state index in [1.165, 1.54) is 7.05 Å². The summed E-state index contributed by atoms with van der Waals surface area (Å²) in [6.07, 6.45) is -0.669. The molecule has 1 N–H and O–H groups in total. The lowest BCUT2D eigenvalue weighted by atomic mass is 10.1. The number of amides is 1. The fraction of sp³-hybridized carbons (Fsp3) is 0.714. The minimum atomic E-state index is -0.669. The van der Waals surface area contributed by atoms with Crippen LogP contribution in [0, 0.1) is 5.92 Å². The third-order valence-corrected chi connectivity index (χ3v) is 1.31. The highest BCUT2D eigenvalue weighted by atomic mass is 16.5. The molecule has 1 unspecified atom stereocenters. The van der Waals surface area contributed by atoms with Crippen LogP contribution >= 0.6 is 0 Å². The van der Waals surface area contributed by atoms with Crippen LogP contribution in [0.5, 0.6) is 0 Å². The zero-order chi connectivity index (χ0) is 8.85. The number of likely N-dealkylation sites (N-methyl/N-ethyl adjacent to an activating group) is 1. The van der Waals surface area contributed by atoms with Gasteiger partial charge in [-0.3, -0.25) is 9.59 Å². The summed E-state index contributed by atoms with van der Waals surface area (Å²) >= 11 is 0. The van der Waals surface area contributed by atoms with Gasteiger partial charge in [-0.15, -0.1) is 0 Å². The van der Waals surface area contributed by atoms with E-state index in [0.717, 1.165) is 0 Å². The average molecular weight is 159 g/mol. The van der Waals surface area contributed by atoms with Gasteiger partial charge in [0.05, 0.1) is 0 Å². The van der Waals surface area contributed by atoms with Gasteiger partial charge >= 0.3 is 0 Å². The lowest BCUT2D eigenvalue weighted by molar-refractivity contribution is -0.147. The van der Waals surface area contributed by atoms with Gasteiger partial charge in [-0.1, -0.05) is 13.8 Å². The second-order valence-electron chi connectivity index (χ2n) is 2.51. The lowest BCUT2D eigenvalue weighted by Crippen LogP contribution is -2.37. The summed E-state index contributed by atoms with van der Waals surface area (Å²) in [5, 5.41) is 2.41. The molecule has 0 aromatic rings. The summed E-state index contributed by atoms with van der Waals surface area (Å²) in [6.45, 7) is 3.91. The van der Waals surface area contributed by atoms with Crippen molar-refractivity contribution in [1.29, 1.82) is 0 Å². The molecule has 0 fully saturated rings. The molecular formula is C7H13NO3. The van der Waals surface area contributed by atoms with Crippen molar-refractivity contribution in [3.05, 3.63) is 0 Å². The summed E-state index contributed by atoms with van der Waals surface area (Å²) in [6, 6.07) is 0. The Labute approximate surface area is 65.9 Å². The van der Waals surface area contributed by atoms with Crippen molar-refractivity contribution in [2.24, 2.45) is 5.92 Å². The number of rotatable bonds is 4. The Morgan fingerprint density at radius 1 is 1.55 bits per heavy atom. The van der Waals surface area contributed by atoms with E-state index in [1.807, 2.05) is 13.8 Å². The second-order valence-corrected chi connectivity index (χ2v) is 2.51. The van der Waals surface area contributed by atoms with Crippen molar-refractivity contribution in [3.8, 4) is 0 Å². The molecule has 1 amide bonds. The Kier molecular flexibility index (Phi) is 4.26. The van der Waals surface area contributed by atoms with Gasteiger partial charge in [0, 0.05) is 7.05 Å². The topological polar surface area (TPSA) is 55.4 Å². The van der Waals surface area contributed by atoms with Crippen molar-refractivity contribution in [2.45, 2.75) is 20.0 Å². The third kappa shape index (κ3) is 3.02. The molecule has 0 bridgehead atoms. The van der Waals surface area contributed by atoms with Gasteiger partial charge in [0.2, 0.25) is 0 Å². The third-order valence-electron chi connectivity index (χ3n) is 1.31. The van der Waals surface area contributed by atoms with Crippen LogP contribution in [0.4, 0.5) is 0 Å². The number of carbonyl (C=O) groups excluding carboxylic acids is 2. The van der Waals surface area contributed by atoms with Gasteiger partial charge in [-0.05, 0) is 5.92 Å². The summed E-state index contributed by atoms with van der Waals surface area (Å²) in [5.41, 5.74) is 0. The maximum atomic E-state index is 10.9. The second kappa shape index (κ2) is 4.71. The van der Waals surface area contributed by atoms with Gasteiger partial charge in [0.1, 0.15) is 0 Å². The highest BCUT2D eigenvalue weighted by Crippen LogP contribution is 2.04. The van der Waals surface area contributed by atoms with E-state index in [9.17, 15) is 9.59 Å². The molecular weight excluding hydrogens is 146 g/mol. The summed E-state index contributed by atoms with van der Waals surface area (Å²) in [4.78, 5) is 20.9. The van der Waals surface area contributed by atoms with Crippen LogP contribution in [0.3, 0.4) is 0 Å². The fourth-order valence-electron chi connectivity index (χ4n) is 0.724. The maximum absolute atomic E-state index is 10.9. The molecule has 0 aliphatic heterocycles. The number of hydrogen-bond acceptors (Lipinski definition) is 3. The highest BCUT2D eigenvalue weighted by Gasteiger charge is 2.21. The van der Waals surface area contributed by atoms with Crippen LogP contribution in [0.2, 0.25) is 0 Å². The van der Waals surface area contributed by atoms with Gasteiger partial charge in [0.15, 0.2) is 6.10 Å². The monoisotopic (exact) mass is 159 g/mol. The van der Waals surface area contributed by atoms with E-state index in [1.54, 1.807) is 0 Å². The maximum Gasteiger partial charge on any atom is 0.293 e. The van der Waals surface area contributed by atoms with Crippen LogP contribution < -0.4 is 5.32 Å². The largest absolute Gasteiger partial charge is 0.454 e. The van der Waals surface area contributed by atoms with Gasteiger partial charge in [-0.2, -0.15) is 0 Å². The van der Waals surface area contributed by atoms with Crippen molar-refractivity contribution < 1.29 is 14.3 Å². The number of hydrogen-bond donors (Lipinski definition) is 1. The molecule has 0 saturated carbocycles. The molecule has 0 saturated heterocycles. The van der Waals surface area contributed by atoms with Crippen LogP contribution in [-0.4, -0.2) is 25.5 Å². The molecule has 0 spiro atoms. The van der Waals surface area contributed by atoms with Gasteiger partial charge in [0.25, 0.3) is 12.4 Å². The first kappa shape index (κ1) is 9.94. The molecule has 0 aliphatic carbocycles. The highest BCUT2D eigenvalue weighted by molar-refractivity contribution is 5.81. The molecule has 11 heavy (non-hydrogen) atoms. The zero-order valence-electron chi connectivity index (χ0n) is 6.96. The lowest BCUT2D eigenvalue weighted by Gasteiger charge is -2.16. The standard InChI is InChI=1S/C7H13NO3/c1-5(2)6(11-4-9)7(10)8-3/h4-6H,1-3H3,(H,8,10). The molecule has 0 heterocycles. The van der Waals surface area contributed by atoms with Crippen LogP contribution in [0.25, 0.3) is 0 Å². The van der Waals surface area contributed by atoms with Crippen molar-refractivity contribution in [2.75, 3.05) is 7.05 Å². The van der Waals surface area contributed by atoms with Gasteiger partial charge in [-0.25, -0.2) is 0 Å². The minimum Gasteiger partial charge on any atom is -0.454 e. The SMILES string of the molecule is CNC(=O)C(OC=O)C(C)C. The predicted molar refractivity (Wildman–Crippen MR) is 39.8 cm³/mol. The Morgan fingerprint density at radius 2 is 2.09 bits per heavy atom. The molecule has 64 valence electrons. The molecule has 0 rings (SSSR count). The number of nitrogens with one attached hydrogen (secondary N) is 1. The number of ether oxygens (including phenoxy) is 1. The minimum absolute atomic E-state index is 0.000139. The summed E-state index contributed by atoms with van der Waals surface area (Å²) < 4.78 is 4.56. The van der Waals surface area contributed by atoms with Crippen molar-refractivity contribution >= 4 is 12.4 Å². The average Bonchev–Trinajstić information content (AvgIpc) is 1.98. The molecule has 4 heteroatoms. The van der Waals surface area contributed by atoms with Crippen LogP contribution in [0.15, 0.2) is 0 Å².